The van der Waals surface area contributed by atoms with Crippen molar-refractivity contribution >= 4 is 5.91 Å². The van der Waals surface area contributed by atoms with E-state index < -0.39 is 0 Å². The molecule has 2 rings (SSSR count). The van der Waals surface area contributed by atoms with Crippen LogP contribution in [0.1, 0.15) is 44.2 Å². The Morgan fingerprint density at radius 1 is 1.26 bits per heavy atom. The fraction of sp³-hybridized carbons (Fsp3) is 0.632. The van der Waals surface area contributed by atoms with Gasteiger partial charge in [0.05, 0.1) is 6.61 Å². The van der Waals surface area contributed by atoms with E-state index in [0.717, 1.165) is 32.5 Å². The van der Waals surface area contributed by atoms with Crippen molar-refractivity contribution in [2.75, 3.05) is 20.2 Å². The van der Waals surface area contributed by atoms with Crippen LogP contribution >= 0.6 is 0 Å². The maximum atomic E-state index is 11.9. The zero-order chi connectivity index (χ0) is 16.7. The SMILES string of the molecule is CCC(=O)N1CC[C@@H](NCc2ccc(COC)cc2)[C@H](CC)C1. The van der Waals surface area contributed by atoms with Gasteiger partial charge in [-0.1, -0.05) is 44.5 Å². The fourth-order valence-corrected chi connectivity index (χ4v) is 3.33. The first-order valence-electron chi connectivity index (χ1n) is 8.75. The lowest BCUT2D eigenvalue weighted by Gasteiger charge is -2.38. The number of hydrogen-bond acceptors (Lipinski definition) is 3. The molecule has 0 aliphatic carbocycles. The van der Waals surface area contributed by atoms with E-state index >= 15 is 0 Å². The first-order chi connectivity index (χ1) is 11.2. The second kappa shape index (κ2) is 9.04. The lowest BCUT2D eigenvalue weighted by molar-refractivity contribution is -0.133. The number of ether oxygens (including phenoxy) is 1. The second-order valence-electron chi connectivity index (χ2n) is 6.39. The third-order valence-corrected chi connectivity index (χ3v) is 4.82. The van der Waals surface area contributed by atoms with Gasteiger partial charge in [0.2, 0.25) is 5.91 Å². The van der Waals surface area contributed by atoms with Gasteiger partial charge in [-0.3, -0.25) is 4.79 Å². The number of rotatable bonds is 7. The quantitative estimate of drug-likeness (QED) is 0.840. The molecule has 1 N–H and O–H groups in total. The summed E-state index contributed by atoms with van der Waals surface area (Å²) in [5.74, 6) is 0.836. The predicted octanol–water partition coefficient (Wildman–Crippen LogP) is 2.96. The zero-order valence-electron chi connectivity index (χ0n) is 14.7. The smallest absolute Gasteiger partial charge is 0.222 e. The van der Waals surface area contributed by atoms with Crippen LogP contribution in [0.25, 0.3) is 0 Å². The summed E-state index contributed by atoms with van der Waals surface area (Å²) in [6.07, 6.45) is 2.77. The van der Waals surface area contributed by atoms with E-state index in [0.29, 0.717) is 25.0 Å². The van der Waals surface area contributed by atoms with Crippen LogP contribution in [0.3, 0.4) is 0 Å². The van der Waals surface area contributed by atoms with Crippen molar-refractivity contribution in [1.29, 1.82) is 0 Å². The number of hydrogen-bond donors (Lipinski definition) is 1. The Morgan fingerprint density at radius 2 is 1.96 bits per heavy atom. The Hall–Kier alpha value is -1.39. The molecule has 1 heterocycles. The van der Waals surface area contributed by atoms with Gasteiger partial charge < -0.3 is 15.0 Å². The average molecular weight is 318 g/mol. The van der Waals surface area contributed by atoms with Gasteiger partial charge in [0.1, 0.15) is 0 Å². The molecular weight excluding hydrogens is 288 g/mol. The third kappa shape index (κ3) is 5.05. The number of nitrogens with one attached hydrogen (secondary N) is 1. The number of piperidine rings is 1. The van der Waals surface area contributed by atoms with Crippen molar-refractivity contribution in [3.63, 3.8) is 0 Å². The molecule has 1 aliphatic rings. The Morgan fingerprint density at radius 3 is 2.57 bits per heavy atom. The molecule has 1 aromatic carbocycles. The van der Waals surface area contributed by atoms with Gasteiger partial charge in [-0.05, 0) is 23.5 Å². The molecule has 4 nitrogen and oxygen atoms in total. The predicted molar refractivity (Wildman–Crippen MR) is 93.1 cm³/mol. The molecule has 0 unspecified atom stereocenters. The molecule has 1 aliphatic heterocycles. The van der Waals surface area contributed by atoms with Crippen LogP contribution in [0.2, 0.25) is 0 Å². The van der Waals surface area contributed by atoms with Gasteiger partial charge in [-0.15, -0.1) is 0 Å². The van der Waals surface area contributed by atoms with E-state index in [1.165, 1.54) is 11.1 Å². The molecule has 0 aromatic heterocycles. The fourth-order valence-electron chi connectivity index (χ4n) is 3.33. The standard InChI is InChI=1S/C19H30N2O2/c1-4-17-13-21(19(22)5-2)11-10-18(17)20-12-15-6-8-16(9-7-15)14-23-3/h6-9,17-18,20H,4-5,10-14H2,1-3H3/t17-,18-/m1/s1. The second-order valence-corrected chi connectivity index (χ2v) is 6.39. The lowest BCUT2D eigenvalue weighted by atomic mass is 9.89. The average Bonchev–Trinajstić information content (AvgIpc) is 2.60. The van der Waals surface area contributed by atoms with E-state index in [-0.39, 0.29) is 5.91 Å². The van der Waals surface area contributed by atoms with E-state index in [1.54, 1.807) is 7.11 Å². The Balaban J connectivity index is 1.86. The molecule has 1 fully saturated rings. The van der Waals surface area contributed by atoms with Crippen LogP contribution in [0.5, 0.6) is 0 Å². The Bertz CT molecular complexity index is 487. The minimum absolute atomic E-state index is 0.288. The number of likely N-dealkylation sites (tertiary alicyclic amines) is 1. The topological polar surface area (TPSA) is 41.6 Å². The van der Waals surface area contributed by atoms with Crippen LogP contribution in [0, 0.1) is 5.92 Å². The molecule has 0 spiro atoms. The number of carbonyl (C=O) groups is 1. The summed E-state index contributed by atoms with van der Waals surface area (Å²) in [5.41, 5.74) is 2.50. The summed E-state index contributed by atoms with van der Waals surface area (Å²) < 4.78 is 5.14. The summed E-state index contributed by atoms with van der Waals surface area (Å²) in [5, 5.41) is 3.70. The largest absolute Gasteiger partial charge is 0.380 e. The van der Waals surface area contributed by atoms with Crippen molar-refractivity contribution in [3.05, 3.63) is 35.4 Å². The molecule has 0 saturated carbocycles. The first kappa shape index (κ1) is 18.0. The van der Waals surface area contributed by atoms with Gasteiger partial charge in [-0.25, -0.2) is 0 Å². The van der Waals surface area contributed by atoms with Gasteiger partial charge in [0, 0.05) is 39.2 Å². The number of amides is 1. The molecule has 23 heavy (non-hydrogen) atoms. The van der Waals surface area contributed by atoms with Crippen molar-refractivity contribution in [3.8, 4) is 0 Å². The van der Waals surface area contributed by atoms with Gasteiger partial charge in [-0.2, -0.15) is 0 Å². The van der Waals surface area contributed by atoms with E-state index in [2.05, 4.69) is 36.5 Å². The number of carbonyl (C=O) groups excluding carboxylic acids is 1. The monoisotopic (exact) mass is 318 g/mol. The minimum Gasteiger partial charge on any atom is -0.380 e. The van der Waals surface area contributed by atoms with Crippen LogP contribution < -0.4 is 5.32 Å². The molecule has 0 bridgehead atoms. The van der Waals surface area contributed by atoms with Gasteiger partial charge in [0.25, 0.3) is 0 Å². The number of nitrogens with zero attached hydrogens (tertiary/aromatic N) is 1. The molecule has 1 saturated heterocycles. The minimum atomic E-state index is 0.288. The van der Waals surface area contributed by atoms with Crippen molar-refractivity contribution in [2.45, 2.75) is 52.3 Å². The summed E-state index contributed by atoms with van der Waals surface area (Å²) in [6.45, 7) is 7.49. The summed E-state index contributed by atoms with van der Waals surface area (Å²) in [7, 11) is 1.72. The highest BCUT2D eigenvalue weighted by atomic mass is 16.5. The highest BCUT2D eigenvalue weighted by Crippen LogP contribution is 2.21. The maximum Gasteiger partial charge on any atom is 0.222 e. The van der Waals surface area contributed by atoms with Crippen LogP contribution in [-0.4, -0.2) is 37.0 Å². The van der Waals surface area contributed by atoms with Gasteiger partial charge in [0.15, 0.2) is 0 Å². The Labute approximate surface area is 140 Å². The molecule has 0 radical (unpaired) electrons. The van der Waals surface area contributed by atoms with Crippen LogP contribution in [0.4, 0.5) is 0 Å². The summed E-state index contributed by atoms with van der Waals surface area (Å²) in [6, 6.07) is 9.08. The van der Waals surface area contributed by atoms with E-state index in [1.807, 2.05) is 11.8 Å². The Kier molecular flexibility index (Phi) is 7.06. The van der Waals surface area contributed by atoms with Crippen molar-refractivity contribution < 1.29 is 9.53 Å². The maximum absolute atomic E-state index is 11.9. The van der Waals surface area contributed by atoms with E-state index in [4.69, 9.17) is 4.74 Å². The van der Waals surface area contributed by atoms with Crippen LogP contribution in [-0.2, 0) is 22.7 Å². The molecular formula is C19H30N2O2. The summed E-state index contributed by atoms with van der Waals surface area (Å²) in [4.78, 5) is 13.9. The van der Waals surface area contributed by atoms with Crippen molar-refractivity contribution in [1.82, 2.24) is 10.2 Å². The lowest BCUT2D eigenvalue weighted by Crippen LogP contribution is -2.50. The molecule has 128 valence electrons. The highest BCUT2D eigenvalue weighted by molar-refractivity contribution is 5.75. The number of methoxy groups -OCH3 is 1. The molecule has 1 aromatic rings. The number of benzene rings is 1. The van der Waals surface area contributed by atoms with E-state index in [9.17, 15) is 4.79 Å². The van der Waals surface area contributed by atoms with Crippen molar-refractivity contribution in [2.24, 2.45) is 5.92 Å². The highest BCUT2D eigenvalue weighted by Gasteiger charge is 2.29. The normalized spacial score (nSPS) is 21.4. The molecule has 4 heteroatoms. The zero-order valence-corrected chi connectivity index (χ0v) is 14.7. The summed E-state index contributed by atoms with van der Waals surface area (Å²) >= 11 is 0. The molecule has 2 atom stereocenters. The first-order valence-corrected chi connectivity index (χ1v) is 8.75. The van der Waals surface area contributed by atoms with Crippen LogP contribution in [0.15, 0.2) is 24.3 Å². The molecule has 1 amide bonds. The van der Waals surface area contributed by atoms with Gasteiger partial charge >= 0.3 is 0 Å². The third-order valence-electron chi connectivity index (χ3n) is 4.82.